The van der Waals surface area contributed by atoms with Crippen LogP contribution in [0.3, 0.4) is 0 Å². The Labute approximate surface area is 170 Å². The fourth-order valence-electron chi connectivity index (χ4n) is 2.34. The molecule has 0 fully saturated rings. The van der Waals surface area contributed by atoms with Crippen molar-refractivity contribution in [3.8, 4) is 0 Å². The number of benzene rings is 1. The summed E-state index contributed by atoms with van der Waals surface area (Å²) in [6.45, 7) is 4.16. The molecular weight excluding hydrogens is 396 g/mol. The standard InChI is InChI=1S/C19H20N4O3S2/c1-12-5-3-4-6-15(12)21-18(25)19-23-22-17(28-19)11-27-10-16(24)20-9-14-8-7-13(2)26-14/h3-8H,9-11H2,1-2H3,(H,20,24)(H,21,25). The third-order valence-corrected chi connectivity index (χ3v) is 5.82. The average Bonchev–Trinajstić information content (AvgIpc) is 3.31. The van der Waals surface area contributed by atoms with E-state index < -0.39 is 0 Å². The van der Waals surface area contributed by atoms with Crippen molar-refractivity contribution >= 4 is 40.6 Å². The molecule has 0 saturated carbocycles. The van der Waals surface area contributed by atoms with Gasteiger partial charge in [-0.05, 0) is 37.6 Å². The fourth-order valence-corrected chi connectivity index (χ4v) is 3.98. The molecular formula is C19H20N4O3S2. The molecule has 0 aliphatic rings. The summed E-state index contributed by atoms with van der Waals surface area (Å²) in [7, 11) is 0. The van der Waals surface area contributed by atoms with E-state index in [9.17, 15) is 9.59 Å². The highest BCUT2D eigenvalue weighted by molar-refractivity contribution is 7.99. The Morgan fingerprint density at radius 1 is 1.14 bits per heavy atom. The van der Waals surface area contributed by atoms with Crippen molar-refractivity contribution in [1.29, 1.82) is 0 Å². The third kappa shape index (κ3) is 5.67. The molecule has 2 N–H and O–H groups in total. The lowest BCUT2D eigenvalue weighted by Crippen LogP contribution is -2.24. The molecule has 0 aliphatic carbocycles. The Bertz CT molecular complexity index is 968. The van der Waals surface area contributed by atoms with Gasteiger partial charge >= 0.3 is 0 Å². The highest BCUT2D eigenvalue weighted by Crippen LogP contribution is 2.19. The molecule has 0 atom stereocenters. The van der Waals surface area contributed by atoms with E-state index in [4.69, 9.17) is 4.42 Å². The molecule has 2 aromatic heterocycles. The van der Waals surface area contributed by atoms with E-state index in [0.717, 1.165) is 22.8 Å². The Kier molecular flexibility index (Phi) is 6.83. The van der Waals surface area contributed by atoms with E-state index in [2.05, 4.69) is 20.8 Å². The number of carbonyl (C=O) groups excluding carboxylic acids is 2. The van der Waals surface area contributed by atoms with Gasteiger partial charge in [0.1, 0.15) is 16.5 Å². The number of para-hydroxylation sites is 1. The Morgan fingerprint density at radius 3 is 2.71 bits per heavy atom. The first-order chi connectivity index (χ1) is 13.5. The summed E-state index contributed by atoms with van der Waals surface area (Å²) in [6, 6.07) is 11.2. The Hall–Kier alpha value is -2.65. The predicted octanol–water partition coefficient (Wildman–Crippen LogP) is 3.55. The molecule has 0 aliphatic heterocycles. The summed E-state index contributed by atoms with van der Waals surface area (Å²) in [4.78, 5) is 24.2. The number of carbonyl (C=O) groups is 2. The number of hydrogen-bond acceptors (Lipinski definition) is 7. The maximum Gasteiger partial charge on any atom is 0.286 e. The molecule has 3 rings (SSSR count). The monoisotopic (exact) mass is 416 g/mol. The average molecular weight is 417 g/mol. The van der Waals surface area contributed by atoms with Gasteiger partial charge in [0.15, 0.2) is 0 Å². The van der Waals surface area contributed by atoms with Gasteiger partial charge in [-0.25, -0.2) is 0 Å². The van der Waals surface area contributed by atoms with Crippen LogP contribution in [0.4, 0.5) is 5.69 Å². The molecule has 7 nitrogen and oxygen atoms in total. The van der Waals surface area contributed by atoms with Crippen LogP contribution < -0.4 is 10.6 Å². The lowest BCUT2D eigenvalue weighted by atomic mass is 10.2. The molecule has 1 aromatic carbocycles. The van der Waals surface area contributed by atoms with Crippen molar-refractivity contribution in [3.63, 3.8) is 0 Å². The van der Waals surface area contributed by atoms with Gasteiger partial charge < -0.3 is 15.1 Å². The minimum atomic E-state index is -0.283. The Balaban J connectivity index is 1.42. The molecule has 9 heteroatoms. The zero-order valence-corrected chi connectivity index (χ0v) is 17.2. The van der Waals surface area contributed by atoms with E-state index in [1.807, 2.05) is 50.2 Å². The maximum atomic E-state index is 12.3. The van der Waals surface area contributed by atoms with Crippen LogP contribution in [0.1, 0.15) is 31.9 Å². The SMILES string of the molecule is Cc1ccc(CNC(=O)CSCc2nnc(C(=O)Nc3ccccc3C)s2)o1. The van der Waals surface area contributed by atoms with Crippen LogP contribution in [0, 0.1) is 13.8 Å². The molecule has 3 aromatic rings. The number of nitrogens with zero attached hydrogens (tertiary/aromatic N) is 2. The topological polar surface area (TPSA) is 97.1 Å². The van der Waals surface area contributed by atoms with Gasteiger partial charge in [-0.1, -0.05) is 29.5 Å². The van der Waals surface area contributed by atoms with Gasteiger partial charge in [0.25, 0.3) is 5.91 Å². The molecule has 0 unspecified atom stereocenters. The van der Waals surface area contributed by atoms with Crippen LogP contribution in [-0.4, -0.2) is 27.8 Å². The number of thioether (sulfide) groups is 1. The minimum absolute atomic E-state index is 0.0823. The second-order valence-corrected chi connectivity index (χ2v) is 8.10. The van der Waals surface area contributed by atoms with Crippen LogP contribution in [0.5, 0.6) is 0 Å². The first kappa shape index (κ1) is 20.1. The van der Waals surface area contributed by atoms with E-state index >= 15 is 0 Å². The van der Waals surface area contributed by atoms with Crippen LogP contribution >= 0.6 is 23.1 Å². The summed E-state index contributed by atoms with van der Waals surface area (Å²) in [5.74, 6) is 1.99. The zero-order valence-electron chi connectivity index (χ0n) is 15.5. The van der Waals surface area contributed by atoms with Gasteiger partial charge in [0, 0.05) is 11.4 Å². The first-order valence-electron chi connectivity index (χ1n) is 8.60. The van der Waals surface area contributed by atoms with E-state index in [-0.39, 0.29) is 11.8 Å². The quantitative estimate of drug-likeness (QED) is 0.583. The molecule has 0 bridgehead atoms. The third-order valence-electron chi connectivity index (χ3n) is 3.77. The highest BCUT2D eigenvalue weighted by atomic mass is 32.2. The number of hydrogen-bond donors (Lipinski definition) is 2. The number of furan rings is 1. The smallest absolute Gasteiger partial charge is 0.286 e. The summed E-state index contributed by atoms with van der Waals surface area (Å²) < 4.78 is 5.41. The zero-order chi connectivity index (χ0) is 19.9. The number of aryl methyl sites for hydroxylation is 2. The van der Waals surface area contributed by atoms with Gasteiger partial charge in [0.05, 0.1) is 12.3 Å². The van der Waals surface area contributed by atoms with Gasteiger partial charge in [-0.2, -0.15) is 0 Å². The number of anilines is 1. The van der Waals surface area contributed by atoms with Gasteiger partial charge in [0.2, 0.25) is 10.9 Å². The lowest BCUT2D eigenvalue weighted by molar-refractivity contribution is -0.118. The largest absolute Gasteiger partial charge is 0.465 e. The van der Waals surface area contributed by atoms with Crippen molar-refractivity contribution in [3.05, 3.63) is 63.5 Å². The lowest BCUT2D eigenvalue weighted by Gasteiger charge is -2.05. The summed E-state index contributed by atoms with van der Waals surface area (Å²) >= 11 is 2.65. The van der Waals surface area contributed by atoms with Crippen molar-refractivity contribution in [1.82, 2.24) is 15.5 Å². The molecule has 2 amide bonds. The molecule has 28 heavy (non-hydrogen) atoms. The molecule has 2 heterocycles. The molecule has 146 valence electrons. The summed E-state index contributed by atoms with van der Waals surface area (Å²) in [5, 5.41) is 14.6. The second-order valence-electron chi connectivity index (χ2n) is 6.05. The predicted molar refractivity (Wildman–Crippen MR) is 110 cm³/mol. The van der Waals surface area contributed by atoms with E-state index in [1.165, 1.54) is 23.1 Å². The number of aromatic nitrogens is 2. The second kappa shape index (κ2) is 9.52. The van der Waals surface area contributed by atoms with Crippen molar-refractivity contribution in [2.24, 2.45) is 0 Å². The number of nitrogens with one attached hydrogen (secondary N) is 2. The summed E-state index contributed by atoms with van der Waals surface area (Å²) in [5.41, 5.74) is 1.73. The minimum Gasteiger partial charge on any atom is -0.465 e. The van der Waals surface area contributed by atoms with Crippen molar-refractivity contribution < 1.29 is 14.0 Å². The van der Waals surface area contributed by atoms with Crippen LogP contribution in [0.15, 0.2) is 40.8 Å². The van der Waals surface area contributed by atoms with Crippen LogP contribution in [-0.2, 0) is 17.1 Å². The number of amides is 2. The van der Waals surface area contributed by atoms with Crippen LogP contribution in [0.25, 0.3) is 0 Å². The number of rotatable bonds is 8. The molecule has 0 spiro atoms. The molecule has 0 saturated heterocycles. The van der Waals surface area contributed by atoms with Gasteiger partial charge in [-0.15, -0.1) is 22.0 Å². The summed E-state index contributed by atoms with van der Waals surface area (Å²) in [6.07, 6.45) is 0. The van der Waals surface area contributed by atoms with E-state index in [0.29, 0.717) is 28.1 Å². The highest BCUT2D eigenvalue weighted by Gasteiger charge is 2.14. The van der Waals surface area contributed by atoms with Crippen molar-refractivity contribution in [2.45, 2.75) is 26.1 Å². The van der Waals surface area contributed by atoms with E-state index in [1.54, 1.807) is 0 Å². The van der Waals surface area contributed by atoms with Crippen LogP contribution in [0.2, 0.25) is 0 Å². The van der Waals surface area contributed by atoms with Crippen molar-refractivity contribution in [2.75, 3.05) is 11.1 Å². The first-order valence-corrected chi connectivity index (χ1v) is 10.6. The van der Waals surface area contributed by atoms with Gasteiger partial charge in [-0.3, -0.25) is 9.59 Å². The Morgan fingerprint density at radius 2 is 1.96 bits per heavy atom. The maximum absolute atomic E-state index is 12.3. The molecule has 0 radical (unpaired) electrons. The normalized spacial score (nSPS) is 10.6. The fraction of sp³-hybridized carbons (Fsp3) is 0.263.